The zero-order valence-corrected chi connectivity index (χ0v) is 16.1. The summed E-state index contributed by atoms with van der Waals surface area (Å²) in [6, 6.07) is 22.8. The Morgan fingerprint density at radius 3 is 2.41 bits per heavy atom. The molecule has 4 rings (SSSR count). The zero-order chi connectivity index (χ0) is 18.6. The number of aromatic nitrogens is 1. The maximum atomic E-state index is 13.1. The lowest BCUT2D eigenvalue weighted by atomic mass is 10.1. The van der Waals surface area contributed by atoms with E-state index in [1.54, 1.807) is 35.2 Å². The van der Waals surface area contributed by atoms with E-state index in [-0.39, 0.29) is 5.82 Å². The lowest BCUT2D eigenvalue weighted by Gasteiger charge is -2.07. The first kappa shape index (κ1) is 17.8. The molecule has 0 saturated heterocycles. The molecule has 0 radical (unpaired) electrons. The highest BCUT2D eigenvalue weighted by molar-refractivity contribution is 7.98. The van der Waals surface area contributed by atoms with Crippen LogP contribution in [0, 0.1) is 5.82 Å². The summed E-state index contributed by atoms with van der Waals surface area (Å²) in [5.41, 5.74) is 11.0. The molecule has 2 N–H and O–H groups in total. The van der Waals surface area contributed by atoms with Gasteiger partial charge in [0.15, 0.2) is 0 Å². The molecule has 0 spiro atoms. The molecule has 0 saturated carbocycles. The fourth-order valence-corrected chi connectivity index (χ4v) is 4.44. The van der Waals surface area contributed by atoms with Crippen LogP contribution in [0.15, 0.2) is 83.1 Å². The van der Waals surface area contributed by atoms with Gasteiger partial charge in [0.2, 0.25) is 0 Å². The van der Waals surface area contributed by atoms with E-state index in [1.807, 2.05) is 29.6 Å². The summed E-state index contributed by atoms with van der Waals surface area (Å²) in [6.45, 7) is 0. The van der Waals surface area contributed by atoms with E-state index in [2.05, 4.69) is 29.2 Å². The molecule has 5 heteroatoms. The van der Waals surface area contributed by atoms with Gasteiger partial charge in [-0.2, -0.15) is 0 Å². The number of nitrogen functional groups attached to an aromatic ring is 1. The predicted octanol–water partition coefficient (Wildman–Crippen LogP) is 6.49. The largest absolute Gasteiger partial charge is 0.398 e. The lowest BCUT2D eigenvalue weighted by Crippen LogP contribution is -1.90. The van der Waals surface area contributed by atoms with Crippen molar-refractivity contribution in [3.63, 3.8) is 0 Å². The number of hydrogen-bond donors (Lipinski definition) is 1. The van der Waals surface area contributed by atoms with Crippen molar-refractivity contribution in [3.05, 3.63) is 89.6 Å². The first-order valence-corrected chi connectivity index (χ1v) is 10.3. The van der Waals surface area contributed by atoms with Crippen molar-refractivity contribution in [1.29, 1.82) is 0 Å². The number of benzene rings is 3. The molecule has 1 heterocycles. The number of rotatable bonds is 5. The molecule has 0 bridgehead atoms. The second-order valence-electron chi connectivity index (χ2n) is 6.07. The summed E-state index contributed by atoms with van der Waals surface area (Å²) < 4.78 is 13.1. The van der Waals surface area contributed by atoms with E-state index < -0.39 is 0 Å². The number of nitrogens with two attached hydrogens (primary N) is 1. The molecule has 2 nitrogen and oxygen atoms in total. The van der Waals surface area contributed by atoms with E-state index in [4.69, 9.17) is 5.73 Å². The first-order valence-electron chi connectivity index (χ1n) is 8.47. The Morgan fingerprint density at radius 1 is 0.926 bits per heavy atom. The van der Waals surface area contributed by atoms with Crippen LogP contribution in [0.3, 0.4) is 0 Å². The standard InChI is InChI=1S/C22H17FN2S2/c23-18-9-6-16(7-10-18)20-14-27-22(25-20)17-8-11-21(19(24)12-17)26-13-15-4-2-1-3-5-15/h1-12,14H,13,24H2. The van der Waals surface area contributed by atoms with E-state index in [0.29, 0.717) is 0 Å². The van der Waals surface area contributed by atoms with Gasteiger partial charge >= 0.3 is 0 Å². The van der Waals surface area contributed by atoms with Crippen molar-refractivity contribution in [2.24, 2.45) is 0 Å². The monoisotopic (exact) mass is 392 g/mol. The summed E-state index contributed by atoms with van der Waals surface area (Å²) >= 11 is 3.29. The Hall–Kier alpha value is -2.63. The summed E-state index contributed by atoms with van der Waals surface area (Å²) in [5.74, 6) is 0.640. The van der Waals surface area contributed by atoms with Crippen LogP contribution in [-0.2, 0) is 5.75 Å². The second kappa shape index (κ2) is 7.94. The van der Waals surface area contributed by atoms with Crippen molar-refractivity contribution in [1.82, 2.24) is 4.98 Å². The quantitative estimate of drug-likeness (QED) is 0.312. The molecule has 0 fully saturated rings. The van der Waals surface area contributed by atoms with Crippen molar-refractivity contribution in [2.75, 3.05) is 5.73 Å². The Bertz CT molecular complexity index is 1040. The van der Waals surface area contributed by atoms with Gasteiger partial charge in [0.25, 0.3) is 0 Å². The number of thiazole rings is 1. The molecule has 134 valence electrons. The summed E-state index contributed by atoms with van der Waals surface area (Å²) in [5, 5.41) is 2.89. The third-order valence-electron chi connectivity index (χ3n) is 4.14. The highest BCUT2D eigenvalue weighted by atomic mass is 32.2. The zero-order valence-electron chi connectivity index (χ0n) is 14.4. The normalized spacial score (nSPS) is 10.9. The van der Waals surface area contributed by atoms with Crippen LogP contribution in [-0.4, -0.2) is 4.98 Å². The van der Waals surface area contributed by atoms with E-state index in [0.717, 1.165) is 38.2 Å². The van der Waals surface area contributed by atoms with Crippen LogP contribution in [0.2, 0.25) is 0 Å². The first-order chi connectivity index (χ1) is 13.2. The van der Waals surface area contributed by atoms with Gasteiger partial charge in [0.05, 0.1) is 5.69 Å². The van der Waals surface area contributed by atoms with Crippen LogP contribution < -0.4 is 5.73 Å². The molecular formula is C22H17FN2S2. The minimum absolute atomic E-state index is 0.245. The molecular weight excluding hydrogens is 375 g/mol. The molecule has 1 aromatic heterocycles. The van der Waals surface area contributed by atoms with Crippen molar-refractivity contribution in [2.45, 2.75) is 10.6 Å². The number of thioether (sulfide) groups is 1. The molecule has 0 unspecified atom stereocenters. The number of halogens is 1. The van der Waals surface area contributed by atoms with Crippen LogP contribution in [0.4, 0.5) is 10.1 Å². The Morgan fingerprint density at radius 2 is 1.67 bits per heavy atom. The molecule has 3 aromatic carbocycles. The smallest absolute Gasteiger partial charge is 0.124 e. The topological polar surface area (TPSA) is 38.9 Å². The number of hydrogen-bond acceptors (Lipinski definition) is 4. The average Bonchev–Trinajstić information content (AvgIpc) is 3.18. The van der Waals surface area contributed by atoms with Crippen molar-refractivity contribution >= 4 is 28.8 Å². The fourth-order valence-electron chi connectivity index (χ4n) is 2.71. The third kappa shape index (κ3) is 4.21. The van der Waals surface area contributed by atoms with E-state index in [1.165, 1.54) is 17.7 Å². The number of anilines is 1. The van der Waals surface area contributed by atoms with Gasteiger partial charge in [-0.3, -0.25) is 0 Å². The number of nitrogens with zero attached hydrogens (tertiary/aromatic N) is 1. The van der Waals surface area contributed by atoms with Gasteiger partial charge in [-0.25, -0.2) is 9.37 Å². The molecule has 0 atom stereocenters. The molecule has 0 aliphatic rings. The van der Waals surface area contributed by atoms with E-state index >= 15 is 0 Å². The van der Waals surface area contributed by atoms with Gasteiger partial charge in [-0.05, 0) is 42.0 Å². The van der Waals surface area contributed by atoms with Gasteiger partial charge in [0.1, 0.15) is 10.8 Å². The molecule has 27 heavy (non-hydrogen) atoms. The molecule has 0 aliphatic carbocycles. The lowest BCUT2D eigenvalue weighted by molar-refractivity contribution is 0.628. The van der Waals surface area contributed by atoms with E-state index in [9.17, 15) is 4.39 Å². The fraction of sp³-hybridized carbons (Fsp3) is 0.0455. The average molecular weight is 393 g/mol. The molecule has 4 aromatic rings. The van der Waals surface area contributed by atoms with Crippen LogP contribution in [0.5, 0.6) is 0 Å². The Balaban J connectivity index is 1.51. The third-order valence-corrected chi connectivity index (χ3v) is 6.19. The van der Waals surface area contributed by atoms with Gasteiger partial charge in [-0.1, -0.05) is 36.4 Å². The van der Waals surface area contributed by atoms with Gasteiger partial charge in [-0.15, -0.1) is 23.1 Å². The highest BCUT2D eigenvalue weighted by Gasteiger charge is 2.09. The van der Waals surface area contributed by atoms with Crippen LogP contribution in [0.25, 0.3) is 21.8 Å². The van der Waals surface area contributed by atoms with Gasteiger partial charge < -0.3 is 5.73 Å². The molecule has 0 aliphatic heterocycles. The Kier molecular flexibility index (Phi) is 5.23. The molecule has 0 amide bonds. The van der Waals surface area contributed by atoms with Crippen LogP contribution >= 0.6 is 23.1 Å². The minimum atomic E-state index is -0.245. The maximum Gasteiger partial charge on any atom is 0.124 e. The summed E-state index contributed by atoms with van der Waals surface area (Å²) in [6.07, 6.45) is 0. The minimum Gasteiger partial charge on any atom is -0.398 e. The predicted molar refractivity (Wildman–Crippen MR) is 113 cm³/mol. The summed E-state index contributed by atoms with van der Waals surface area (Å²) in [7, 11) is 0. The summed E-state index contributed by atoms with van der Waals surface area (Å²) in [4.78, 5) is 5.75. The SMILES string of the molecule is Nc1cc(-c2nc(-c3ccc(F)cc3)cs2)ccc1SCc1ccccc1. The van der Waals surface area contributed by atoms with Crippen molar-refractivity contribution < 1.29 is 4.39 Å². The maximum absolute atomic E-state index is 13.1. The Labute approximate surface area is 165 Å². The van der Waals surface area contributed by atoms with Crippen LogP contribution in [0.1, 0.15) is 5.56 Å². The highest BCUT2D eigenvalue weighted by Crippen LogP contribution is 2.34. The van der Waals surface area contributed by atoms with Crippen molar-refractivity contribution in [3.8, 4) is 21.8 Å². The van der Waals surface area contributed by atoms with Gasteiger partial charge in [0, 0.05) is 32.8 Å². The second-order valence-corrected chi connectivity index (χ2v) is 7.95.